The third-order valence-electron chi connectivity index (χ3n) is 3.10. The Morgan fingerprint density at radius 1 is 1.24 bits per heavy atom. The first-order valence-corrected chi connectivity index (χ1v) is 6.69. The van der Waals surface area contributed by atoms with E-state index in [0.717, 1.165) is 24.0 Å². The van der Waals surface area contributed by atoms with E-state index >= 15 is 0 Å². The molecule has 0 bridgehead atoms. The highest BCUT2D eigenvalue weighted by molar-refractivity contribution is 9.10. The molecule has 1 saturated heterocycles. The molecule has 0 aromatic heterocycles. The van der Waals surface area contributed by atoms with Gasteiger partial charge in [0.15, 0.2) is 0 Å². The summed E-state index contributed by atoms with van der Waals surface area (Å²) in [6, 6.07) is 8.04. The number of benzene rings is 1. The molecule has 1 nitrogen and oxygen atoms in total. The van der Waals surface area contributed by atoms with E-state index in [0.29, 0.717) is 6.42 Å². The number of alkyl halides is 2. The number of likely N-dealkylation sites (tertiary alicyclic amines) is 1. The number of nitrogens with zero attached hydrogens (tertiary/aromatic N) is 1. The minimum absolute atomic E-state index is 0.0434. The van der Waals surface area contributed by atoms with E-state index in [1.54, 1.807) is 0 Å². The summed E-state index contributed by atoms with van der Waals surface area (Å²) in [4.78, 5) is 1.87. The van der Waals surface area contributed by atoms with Crippen LogP contribution in [0.2, 0.25) is 0 Å². The van der Waals surface area contributed by atoms with Crippen LogP contribution < -0.4 is 0 Å². The van der Waals surface area contributed by atoms with E-state index in [2.05, 4.69) is 15.9 Å². The van der Waals surface area contributed by atoms with Crippen molar-refractivity contribution in [2.45, 2.75) is 25.2 Å². The van der Waals surface area contributed by atoms with Gasteiger partial charge in [-0.05, 0) is 37.1 Å². The standard InChI is InChI=1S/C13H16BrF2N/c14-12-4-2-11(3-5-12)6-9-17-8-1-7-13(15,16)10-17/h2-5H,1,6-10H2. The Morgan fingerprint density at radius 3 is 2.59 bits per heavy atom. The Kier molecular flexibility index (Phi) is 4.15. The third-order valence-corrected chi connectivity index (χ3v) is 3.63. The van der Waals surface area contributed by atoms with E-state index in [1.165, 1.54) is 5.56 Å². The number of rotatable bonds is 3. The molecule has 0 atom stereocenters. The van der Waals surface area contributed by atoms with Crippen LogP contribution in [-0.4, -0.2) is 30.5 Å². The topological polar surface area (TPSA) is 3.24 Å². The first kappa shape index (κ1) is 13.0. The summed E-state index contributed by atoms with van der Waals surface area (Å²) >= 11 is 3.38. The van der Waals surface area contributed by atoms with Crippen molar-refractivity contribution in [2.75, 3.05) is 19.6 Å². The molecule has 0 radical (unpaired) electrons. The minimum atomic E-state index is -2.49. The molecule has 0 spiro atoms. The van der Waals surface area contributed by atoms with Gasteiger partial charge in [0.25, 0.3) is 5.92 Å². The highest BCUT2D eigenvalue weighted by atomic mass is 79.9. The van der Waals surface area contributed by atoms with Gasteiger partial charge < -0.3 is 0 Å². The van der Waals surface area contributed by atoms with Crippen LogP contribution in [-0.2, 0) is 6.42 Å². The molecule has 2 rings (SSSR count). The average Bonchev–Trinajstić information content (AvgIpc) is 2.27. The van der Waals surface area contributed by atoms with Crippen LogP contribution in [0.3, 0.4) is 0 Å². The second kappa shape index (κ2) is 5.44. The molecule has 17 heavy (non-hydrogen) atoms. The monoisotopic (exact) mass is 303 g/mol. The number of halogens is 3. The van der Waals surface area contributed by atoms with Crippen molar-refractivity contribution < 1.29 is 8.78 Å². The van der Waals surface area contributed by atoms with E-state index in [1.807, 2.05) is 29.2 Å². The van der Waals surface area contributed by atoms with Crippen molar-refractivity contribution in [1.82, 2.24) is 4.90 Å². The fourth-order valence-electron chi connectivity index (χ4n) is 2.18. The largest absolute Gasteiger partial charge is 0.297 e. The molecule has 0 N–H and O–H groups in total. The van der Waals surface area contributed by atoms with Gasteiger partial charge in [-0.2, -0.15) is 0 Å². The number of hydrogen-bond donors (Lipinski definition) is 0. The molecule has 0 amide bonds. The molecular formula is C13H16BrF2N. The van der Waals surface area contributed by atoms with Gasteiger partial charge in [-0.25, -0.2) is 8.78 Å². The molecule has 1 heterocycles. The fraction of sp³-hybridized carbons (Fsp3) is 0.538. The maximum Gasteiger partial charge on any atom is 0.260 e. The first-order valence-electron chi connectivity index (χ1n) is 5.90. The van der Waals surface area contributed by atoms with Crippen molar-refractivity contribution in [3.63, 3.8) is 0 Å². The average molecular weight is 304 g/mol. The normalized spacial score (nSPS) is 20.4. The summed E-state index contributed by atoms with van der Waals surface area (Å²) in [7, 11) is 0. The summed E-state index contributed by atoms with van der Waals surface area (Å²) in [6.45, 7) is 1.44. The van der Waals surface area contributed by atoms with Crippen molar-refractivity contribution in [2.24, 2.45) is 0 Å². The maximum atomic E-state index is 13.2. The Hall–Kier alpha value is -0.480. The Bertz CT molecular complexity index is 364. The molecule has 1 aromatic rings. The zero-order valence-electron chi connectivity index (χ0n) is 9.63. The minimum Gasteiger partial charge on any atom is -0.297 e. The van der Waals surface area contributed by atoms with Gasteiger partial charge >= 0.3 is 0 Å². The SMILES string of the molecule is FC1(F)CCCN(CCc2ccc(Br)cc2)C1. The lowest BCUT2D eigenvalue weighted by Gasteiger charge is -2.32. The Morgan fingerprint density at radius 2 is 1.94 bits per heavy atom. The summed E-state index contributed by atoms with van der Waals surface area (Å²) in [6.07, 6.45) is 1.48. The predicted octanol–water partition coefficient (Wildman–Crippen LogP) is 3.72. The van der Waals surface area contributed by atoms with Gasteiger partial charge in [-0.15, -0.1) is 0 Å². The third kappa shape index (κ3) is 4.03. The summed E-state index contributed by atoms with van der Waals surface area (Å²) < 4.78 is 27.4. The lowest BCUT2D eigenvalue weighted by molar-refractivity contribution is -0.0635. The maximum absolute atomic E-state index is 13.2. The highest BCUT2D eigenvalue weighted by Gasteiger charge is 2.34. The number of piperidine rings is 1. The van der Waals surface area contributed by atoms with Gasteiger partial charge in [0, 0.05) is 17.4 Å². The summed E-state index contributed by atoms with van der Waals surface area (Å²) in [5.41, 5.74) is 1.20. The second-order valence-corrected chi connectivity index (χ2v) is 5.53. The van der Waals surface area contributed by atoms with Crippen LogP contribution in [0.1, 0.15) is 18.4 Å². The second-order valence-electron chi connectivity index (χ2n) is 4.61. The smallest absolute Gasteiger partial charge is 0.260 e. The van der Waals surface area contributed by atoms with Crippen LogP contribution in [0.4, 0.5) is 8.78 Å². The molecule has 94 valence electrons. The Balaban J connectivity index is 1.84. The summed E-state index contributed by atoms with van der Waals surface area (Å²) in [5, 5.41) is 0. The van der Waals surface area contributed by atoms with E-state index in [-0.39, 0.29) is 13.0 Å². The van der Waals surface area contributed by atoms with Crippen LogP contribution in [0.5, 0.6) is 0 Å². The fourth-order valence-corrected chi connectivity index (χ4v) is 2.44. The van der Waals surface area contributed by atoms with E-state index in [4.69, 9.17) is 0 Å². The molecule has 0 unspecified atom stereocenters. The van der Waals surface area contributed by atoms with Gasteiger partial charge in [0.2, 0.25) is 0 Å². The van der Waals surface area contributed by atoms with Crippen LogP contribution in [0.15, 0.2) is 28.7 Å². The molecule has 1 aliphatic rings. The molecule has 0 saturated carbocycles. The van der Waals surface area contributed by atoms with Crippen LogP contribution in [0, 0.1) is 0 Å². The molecule has 0 aliphatic carbocycles. The van der Waals surface area contributed by atoms with Crippen molar-refractivity contribution in [3.8, 4) is 0 Å². The van der Waals surface area contributed by atoms with Crippen LogP contribution in [0.25, 0.3) is 0 Å². The Labute approximate surface area is 109 Å². The van der Waals surface area contributed by atoms with Crippen molar-refractivity contribution in [1.29, 1.82) is 0 Å². The van der Waals surface area contributed by atoms with Crippen molar-refractivity contribution in [3.05, 3.63) is 34.3 Å². The lowest BCUT2D eigenvalue weighted by Crippen LogP contribution is -2.43. The molecule has 1 aromatic carbocycles. The predicted molar refractivity (Wildman–Crippen MR) is 68.5 cm³/mol. The van der Waals surface area contributed by atoms with Crippen LogP contribution >= 0.6 is 15.9 Å². The zero-order valence-corrected chi connectivity index (χ0v) is 11.2. The van der Waals surface area contributed by atoms with Gasteiger partial charge in [0.05, 0.1) is 6.54 Å². The van der Waals surface area contributed by atoms with E-state index < -0.39 is 5.92 Å². The zero-order chi connectivity index (χ0) is 12.3. The summed E-state index contributed by atoms with van der Waals surface area (Å²) in [5.74, 6) is -2.49. The highest BCUT2D eigenvalue weighted by Crippen LogP contribution is 2.26. The van der Waals surface area contributed by atoms with Gasteiger partial charge in [-0.1, -0.05) is 28.1 Å². The van der Waals surface area contributed by atoms with E-state index in [9.17, 15) is 8.78 Å². The molecule has 1 aliphatic heterocycles. The van der Waals surface area contributed by atoms with Crippen molar-refractivity contribution >= 4 is 15.9 Å². The lowest BCUT2D eigenvalue weighted by atomic mass is 10.1. The van der Waals surface area contributed by atoms with Gasteiger partial charge in [0.1, 0.15) is 0 Å². The molecule has 4 heteroatoms. The number of hydrogen-bond acceptors (Lipinski definition) is 1. The quantitative estimate of drug-likeness (QED) is 0.822. The van der Waals surface area contributed by atoms with Gasteiger partial charge in [-0.3, -0.25) is 4.90 Å². The first-order chi connectivity index (χ1) is 8.05. The molecule has 1 fully saturated rings. The molecular weight excluding hydrogens is 288 g/mol.